The highest BCUT2D eigenvalue weighted by molar-refractivity contribution is 8.16. The minimum atomic E-state index is 0.136. The third-order valence-electron chi connectivity index (χ3n) is 4.44. The summed E-state index contributed by atoms with van der Waals surface area (Å²) in [5.74, 6) is 1.67. The van der Waals surface area contributed by atoms with E-state index in [1.165, 1.54) is 5.56 Å². The number of hydrogen-bond acceptors (Lipinski definition) is 4. The van der Waals surface area contributed by atoms with Crippen LogP contribution in [-0.4, -0.2) is 19.4 Å². The number of halogens is 1. The SMILES string of the molecule is COc1ccc(C2SC(=Nc3cccc(Cl)c3)N2c2ccc(OC)cc2)cc1. The standard InChI is InChI=1S/C22H19ClN2O2S/c1-26-19-10-6-15(7-11-19)21-25(18-8-12-20(27-2)13-9-18)22(28-21)24-17-5-3-4-16(23)14-17/h3-14,21H,1-2H3. The molecule has 1 atom stereocenters. The summed E-state index contributed by atoms with van der Waals surface area (Å²) in [7, 11) is 3.34. The maximum Gasteiger partial charge on any atom is 0.172 e. The van der Waals surface area contributed by atoms with Gasteiger partial charge in [0.1, 0.15) is 16.9 Å². The van der Waals surface area contributed by atoms with Crippen LogP contribution in [0.4, 0.5) is 11.4 Å². The number of ether oxygens (including phenoxy) is 2. The third kappa shape index (κ3) is 3.81. The maximum absolute atomic E-state index is 6.11. The fourth-order valence-corrected chi connectivity index (χ4v) is 4.30. The monoisotopic (exact) mass is 410 g/mol. The molecule has 0 spiro atoms. The summed E-state index contributed by atoms with van der Waals surface area (Å²) in [4.78, 5) is 7.02. The van der Waals surface area contributed by atoms with E-state index in [-0.39, 0.29) is 5.37 Å². The van der Waals surface area contributed by atoms with Crippen LogP contribution in [0.1, 0.15) is 10.9 Å². The number of amidine groups is 1. The zero-order chi connectivity index (χ0) is 19.5. The Kier molecular flexibility index (Phi) is 5.46. The quantitative estimate of drug-likeness (QED) is 0.494. The zero-order valence-corrected chi connectivity index (χ0v) is 17.1. The molecule has 1 aliphatic heterocycles. The van der Waals surface area contributed by atoms with Crippen molar-refractivity contribution in [3.05, 3.63) is 83.4 Å². The second kappa shape index (κ2) is 8.17. The Labute approximate surface area is 173 Å². The van der Waals surface area contributed by atoms with Crippen LogP contribution in [0, 0.1) is 0 Å². The van der Waals surface area contributed by atoms with Crippen molar-refractivity contribution in [2.24, 2.45) is 4.99 Å². The zero-order valence-electron chi connectivity index (χ0n) is 15.5. The van der Waals surface area contributed by atoms with Gasteiger partial charge < -0.3 is 14.4 Å². The van der Waals surface area contributed by atoms with E-state index in [1.807, 2.05) is 60.7 Å². The van der Waals surface area contributed by atoms with Crippen LogP contribution >= 0.6 is 23.4 Å². The van der Waals surface area contributed by atoms with Gasteiger partial charge in [-0.3, -0.25) is 0 Å². The second-order valence-corrected chi connectivity index (χ2v) is 7.67. The van der Waals surface area contributed by atoms with Crippen LogP contribution in [0.15, 0.2) is 77.8 Å². The van der Waals surface area contributed by atoms with Crippen molar-refractivity contribution in [2.75, 3.05) is 19.1 Å². The number of hydrogen-bond donors (Lipinski definition) is 0. The average molecular weight is 411 g/mol. The molecule has 28 heavy (non-hydrogen) atoms. The number of aliphatic imine (C=N–C) groups is 1. The van der Waals surface area contributed by atoms with Crippen LogP contribution in [0.25, 0.3) is 0 Å². The van der Waals surface area contributed by atoms with Crippen molar-refractivity contribution < 1.29 is 9.47 Å². The topological polar surface area (TPSA) is 34.1 Å². The Bertz CT molecular complexity index is 990. The molecule has 3 aromatic carbocycles. The molecular formula is C22H19ClN2O2S. The average Bonchev–Trinajstić information content (AvgIpc) is 2.71. The minimum absolute atomic E-state index is 0.136. The number of nitrogens with zero attached hydrogens (tertiary/aromatic N) is 2. The number of rotatable bonds is 5. The Balaban J connectivity index is 1.68. The summed E-state index contributed by atoms with van der Waals surface area (Å²) in [6, 6.07) is 23.7. The summed E-state index contributed by atoms with van der Waals surface area (Å²) in [6.45, 7) is 0. The highest BCUT2D eigenvalue weighted by Crippen LogP contribution is 2.49. The second-order valence-electron chi connectivity index (χ2n) is 6.19. The first-order chi connectivity index (χ1) is 13.7. The van der Waals surface area contributed by atoms with Crippen LogP contribution in [0.5, 0.6) is 11.5 Å². The van der Waals surface area contributed by atoms with Gasteiger partial charge in [0.05, 0.1) is 19.9 Å². The molecule has 1 saturated heterocycles. The smallest absolute Gasteiger partial charge is 0.172 e. The highest BCUT2D eigenvalue weighted by Gasteiger charge is 2.37. The molecule has 1 fully saturated rings. The van der Waals surface area contributed by atoms with Crippen molar-refractivity contribution >= 4 is 39.9 Å². The summed E-state index contributed by atoms with van der Waals surface area (Å²) in [6.07, 6.45) is 0. The van der Waals surface area contributed by atoms with Gasteiger partial charge >= 0.3 is 0 Å². The van der Waals surface area contributed by atoms with E-state index in [2.05, 4.69) is 17.0 Å². The lowest BCUT2D eigenvalue weighted by Gasteiger charge is -2.43. The van der Waals surface area contributed by atoms with Gasteiger partial charge in [0.25, 0.3) is 0 Å². The van der Waals surface area contributed by atoms with Crippen molar-refractivity contribution in [2.45, 2.75) is 5.37 Å². The van der Waals surface area contributed by atoms with Gasteiger partial charge in [0.15, 0.2) is 5.17 Å². The molecule has 0 aromatic heterocycles. The molecule has 1 aliphatic rings. The number of anilines is 1. The molecule has 142 valence electrons. The van der Waals surface area contributed by atoms with E-state index < -0.39 is 0 Å². The van der Waals surface area contributed by atoms with Gasteiger partial charge in [0.2, 0.25) is 0 Å². The van der Waals surface area contributed by atoms with E-state index in [9.17, 15) is 0 Å². The van der Waals surface area contributed by atoms with Gasteiger partial charge in [-0.1, -0.05) is 41.6 Å². The first kappa shape index (κ1) is 18.7. The first-order valence-corrected chi connectivity index (χ1v) is 10.0. The van der Waals surface area contributed by atoms with Crippen LogP contribution in [0.2, 0.25) is 5.02 Å². The largest absolute Gasteiger partial charge is 0.497 e. The Morgan fingerprint density at radius 3 is 2.14 bits per heavy atom. The summed E-state index contributed by atoms with van der Waals surface area (Å²) in [5.41, 5.74) is 3.08. The fraction of sp³-hybridized carbons (Fsp3) is 0.136. The van der Waals surface area contributed by atoms with Gasteiger partial charge in [-0.05, 0) is 60.2 Å². The molecule has 0 bridgehead atoms. The lowest BCUT2D eigenvalue weighted by Crippen LogP contribution is -2.41. The molecule has 6 heteroatoms. The van der Waals surface area contributed by atoms with E-state index >= 15 is 0 Å². The van der Waals surface area contributed by atoms with E-state index in [1.54, 1.807) is 26.0 Å². The van der Waals surface area contributed by atoms with Gasteiger partial charge in [-0.25, -0.2) is 4.99 Å². The van der Waals surface area contributed by atoms with Crippen molar-refractivity contribution in [1.82, 2.24) is 0 Å². The summed E-state index contributed by atoms with van der Waals surface area (Å²) < 4.78 is 10.6. The van der Waals surface area contributed by atoms with Crippen LogP contribution in [0.3, 0.4) is 0 Å². The Morgan fingerprint density at radius 2 is 1.54 bits per heavy atom. The minimum Gasteiger partial charge on any atom is -0.497 e. The first-order valence-electron chi connectivity index (χ1n) is 8.76. The summed E-state index contributed by atoms with van der Waals surface area (Å²) in [5, 5.41) is 1.74. The van der Waals surface area contributed by atoms with Crippen LogP contribution < -0.4 is 14.4 Å². The fourth-order valence-electron chi connectivity index (χ4n) is 2.97. The lowest BCUT2D eigenvalue weighted by molar-refractivity contribution is 0.414. The van der Waals surface area contributed by atoms with Gasteiger partial charge in [-0.15, -0.1) is 0 Å². The van der Waals surface area contributed by atoms with E-state index in [4.69, 9.17) is 26.1 Å². The molecular weight excluding hydrogens is 392 g/mol. The molecule has 1 heterocycles. The number of thioether (sulfide) groups is 1. The van der Waals surface area contributed by atoms with Crippen LogP contribution in [-0.2, 0) is 0 Å². The Hall–Kier alpha value is -2.63. The van der Waals surface area contributed by atoms with E-state index in [0.29, 0.717) is 5.02 Å². The molecule has 0 saturated carbocycles. The molecule has 4 rings (SSSR count). The van der Waals surface area contributed by atoms with Crippen molar-refractivity contribution in [3.8, 4) is 11.5 Å². The van der Waals surface area contributed by atoms with Gasteiger partial charge in [-0.2, -0.15) is 0 Å². The molecule has 4 nitrogen and oxygen atoms in total. The van der Waals surface area contributed by atoms with Crippen molar-refractivity contribution in [1.29, 1.82) is 0 Å². The lowest BCUT2D eigenvalue weighted by atomic mass is 10.2. The molecule has 0 aliphatic carbocycles. The molecule has 1 unspecified atom stereocenters. The van der Waals surface area contributed by atoms with Gasteiger partial charge in [0, 0.05) is 10.7 Å². The van der Waals surface area contributed by atoms with E-state index in [0.717, 1.165) is 28.0 Å². The maximum atomic E-state index is 6.11. The third-order valence-corrected chi connectivity index (χ3v) is 5.88. The van der Waals surface area contributed by atoms with Crippen molar-refractivity contribution in [3.63, 3.8) is 0 Å². The Morgan fingerprint density at radius 1 is 0.893 bits per heavy atom. The molecule has 0 radical (unpaired) electrons. The summed E-state index contributed by atoms with van der Waals surface area (Å²) >= 11 is 7.83. The predicted molar refractivity (Wildman–Crippen MR) is 117 cm³/mol. The number of benzene rings is 3. The molecule has 3 aromatic rings. The molecule has 0 N–H and O–H groups in total. The molecule has 0 amide bonds. The highest BCUT2D eigenvalue weighted by atomic mass is 35.5. The normalized spacial score (nSPS) is 17.3. The number of methoxy groups -OCH3 is 2. The predicted octanol–water partition coefficient (Wildman–Crippen LogP) is 6.30.